The lowest BCUT2D eigenvalue weighted by atomic mass is 9.62. The number of ether oxygens (including phenoxy) is 2. The first-order valence-corrected chi connectivity index (χ1v) is 14.8. The summed E-state index contributed by atoms with van der Waals surface area (Å²) in [6, 6.07) is 11.9. The molecule has 43 heavy (non-hydrogen) atoms. The molecule has 0 radical (unpaired) electrons. The lowest BCUT2D eigenvalue weighted by molar-refractivity contribution is 0.0334. The van der Waals surface area contributed by atoms with Gasteiger partial charge in [-0.05, 0) is 90.0 Å². The van der Waals surface area contributed by atoms with Crippen molar-refractivity contribution in [3.05, 3.63) is 111 Å². The number of hydrogen-bond acceptors (Lipinski definition) is 5. The number of esters is 1. The van der Waals surface area contributed by atoms with Crippen molar-refractivity contribution in [1.82, 2.24) is 4.57 Å². The summed E-state index contributed by atoms with van der Waals surface area (Å²) in [4.78, 5) is 39.1. The molecule has 0 aliphatic heterocycles. The summed E-state index contributed by atoms with van der Waals surface area (Å²) in [6.45, 7) is 19.4. The molecule has 2 aliphatic rings. The van der Waals surface area contributed by atoms with Crippen LogP contribution in [-0.2, 0) is 27.4 Å². The van der Waals surface area contributed by atoms with Gasteiger partial charge in [0.2, 0.25) is 11.6 Å². The second-order valence-electron chi connectivity index (χ2n) is 13.3. The third kappa shape index (κ3) is 4.97. The normalized spacial score (nSPS) is 17.5. The first-order chi connectivity index (χ1) is 20.1. The maximum absolute atomic E-state index is 13.2. The Morgan fingerprint density at radius 2 is 1.51 bits per heavy atom. The quantitative estimate of drug-likeness (QED) is 0.278. The Morgan fingerprint density at radius 3 is 2.09 bits per heavy atom. The third-order valence-electron chi connectivity index (χ3n) is 9.58. The maximum Gasteiger partial charge on any atom is 0.338 e. The Kier molecular flexibility index (Phi) is 7.40. The van der Waals surface area contributed by atoms with Crippen LogP contribution in [0.1, 0.15) is 124 Å². The van der Waals surface area contributed by atoms with Crippen molar-refractivity contribution in [2.45, 2.75) is 78.2 Å². The van der Waals surface area contributed by atoms with Crippen LogP contribution in [0.2, 0.25) is 0 Å². The molecule has 6 nitrogen and oxygen atoms in total. The van der Waals surface area contributed by atoms with E-state index in [1.807, 2.05) is 12.1 Å². The lowest BCUT2D eigenvalue weighted by Gasteiger charge is -2.42. The molecule has 2 aromatic carbocycles. The molecule has 0 amide bonds. The molecule has 6 heteroatoms. The highest BCUT2D eigenvalue weighted by Gasteiger charge is 2.38. The molecular formula is C37H41NO5. The minimum absolute atomic E-state index is 0.0277. The molecule has 1 aromatic heterocycles. The topological polar surface area (TPSA) is 74.6 Å². The SMILES string of the molecule is C=C(c1ccc(C(=O)O[C@H](C)c2c3c(n(C)c2C)C(=O)C=C(OC)C3=O)cc1)c1cc2c(cc1C)C(C)(C)CCC2(C)C. The van der Waals surface area contributed by atoms with Gasteiger partial charge in [-0.15, -0.1) is 0 Å². The minimum atomic E-state index is -0.768. The molecule has 5 rings (SSSR count). The van der Waals surface area contributed by atoms with Gasteiger partial charge < -0.3 is 14.0 Å². The molecule has 2 aliphatic carbocycles. The molecule has 0 saturated heterocycles. The molecule has 0 bridgehead atoms. The summed E-state index contributed by atoms with van der Waals surface area (Å²) >= 11 is 0. The second-order valence-corrected chi connectivity index (χ2v) is 13.3. The van der Waals surface area contributed by atoms with Gasteiger partial charge in [-0.25, -0.2) is 4.79 Å². The van der Waals surface area contributed by atoms with Crippen molar-refractivity contribution >= 4 is 23.1 Å². The Hall–Kier alpha value is -4.19. The standard InChI is InChI=1S/C37H41NO5/c1-20-17-27-28(37(7,8)16-15-36(27,5)6)18-26(20)21(2)24-11-13-25(14-12-24)35(41)43-23(4)31-22(3)38(9)33-29(39)19-30(42-10)34(40)32(31)33/h11-14,17-19,23H,2,15-16H2,1,3-10H3/t23-/m1/s1. The number of nitrogens with zero attached hydrogens (tertiary/aromatic N) is 1. The van der Waals surface area contributed by atoms with Crippen LogP contribution in [0.15, 0.2) is 54.8 Å². The number of carbonyl (C=O) groups excluding carboxylic acids is 3. The molecule has 1 atom stereocenters. The summed E-state index contributed by atoms with van der Waals surface area (Å²) in [7, 11) is 3.08. The van der Waals surface area contributed by atoms with Gasteiger partial charge >= 0.3 is 5.97 Å². The Morgan fingerprint density at radius 1 is 0.953 bits per heavy atom. The van der Waals surface area contributed by atoms with E-state index < -0.39 is 17.9 Å². The number of allylic oxidation sites excluding steroid dienone is 2. The zero-order chi connectivity index (χ0) is 31.6. The van der Waals surface area contributed by atoms with Crippen molar-refractivity contribution in [1.29, 1.82) is 0 Å². The molecule has 0 saturated carbocycles. The highest BCUT2D eigenvalue weighted by molar-refractivity contribution is 6.24. The van der Waals surface area contributed by atoms with Crippen LogP contribution in [0.5, 0.6) is 0 Å². The number of ketones is 2. The van der Waals surface area contributed by atoms with Gasteiger partial charge in [-0.1, -0.05) is 58.5 Å². The summed E-state index contributed by atoms with van der Waals surface area (Å²) in [6.07, 6.45) is 2.73. The fourth-order valence-corrected chi connectivity index (χ4v) is 6.67. The highest BCUT2D eigenvalue weighted by atomic mass is 16.5. The molecule has 224 valence electrons. The fraction of sp³-hybridized carbons (Fsp3) is 0.378. The van der Waals surface area contributed by atoms with E-state index in [4.69, 9.17) is 9.47 Å². The summed E-state index contributed by atoms with van der Waals surface area (Å²) in [5.74, 6) is -1.27. The highest BCUT2D eigenvalue weighted by Crippen LogP contribution is 2.47. The molecule has 0 fully saturated rings. The van der Waals surface area contributed by atoms with Crippen LogP contribution in [0.3, 0.4) is 0 Å². The van der Waals surface area contributed by atoms with Crippen molar-refractivity contribution in [3.8, 4) is 0 Å². The van der Waals surface area contributed by atoms with Gasteiger partial charge in [0, 0.05) is 24.4 Å². The van der Waals surface area contributed by atoms with E-state index in [1.165, 1.54) is 29.9 Å². The van der Waals surface area contributed by atoms with Crippen LogP contribution in [0.25, 0.3) is 5.57 Å². The third-order valence-corrected chi connectivity index (χ3v) is 9.58. The van der Waals surface area contributed by atoms with E-state index >= 15 is 0 Å². The average Bonchev–Trinajstić information content (AvgIpc) is 3.23. The number of rotatable bonds is 6. The smallest absolute Gasteiger partial charge is 0.338 e. The van der Waals surface area contributed by atoms with Crippen LogP contribution in [0.4, 0.5) is 0 Å². The van der Waals surface area contributed by atoms with Gasteiger partial charge in [-0.2, -0.15) is 0 Å². The van der Waals surface area contributed by atoms with Crippen molar-refractivity contribution in [3.63, 3.8) is 0 Å². The number of fused-ring (bicyclic) bond motifs is 2. The zero-order valence-corrected chi connectivity index (χ0v) is 26.7. The van der Waals surface area contributed by atoms with E-state index in [1.54, 1.807) is 37.6 Å². The van der Waals surface area contributed by atoms with Crippen LogP contribution in [0, 0.1) is 13.8 Å². The first kappa shape index (κ1) is 30.3. The largest absolute Gasteiger partial charge is 0.492 e. The van der Waals surface area contributed by atoms with E-state index in [-0.39, 0.29) is 33.6 Å². The molecule has 0 unspecified atom stereocenters. The molecule has 3 aromatic rings. The Labute approximate surface area is 254 Å². The van der Waals surface area contributed by atoms with Gasteiger partial charge in [0.15, 0.2) is 5.76 Å². The molecule has 1 heterocycles. The Bertz CT molecular complexity index is 1730. The van der Waals surface area contributed by atoms with Crippen LogP contribution >= 0.6 is 0 Å². The number of methoxy groups -OCH3 is 1. The number of carbonyl (C=O) groups is 3. The summed E-state index contributed by atoms with van der Waals surface area (Å²) in [5, 5.41) is 0. The van der Waals surface area contributed by atoms with Crippen LogP contribution in [-0.4, -0.2) is 29.2 Å². The fourth-order valence-electron chi connectivity index (χ4n) is 6.67. The number of hydrogen-bond donors (Lipinski definition) is 0. The van der Waals surface area contributed by atoms with E-state index in [2.05, 4.69) is 53.3 Å². The zero-order valence-electron chi connectivity index (χ0n) is 26.7. The van der Waals surface area contributed by atoms with E-state index in [0.29, 0.717) is 16.8 Å². The van der Waals surface area contributed by atoms with E-state index in [9.17, 15) is 14.4 Å². The number of aromatic nitrogens is 1. The molecule has 0 spiro atoms. The second kappa shape index (κ2) is 10.5. The number of Topliss-reactive ketones (excluding diaryl/α,β-unsaturated/α-hetero) is 1. The van der Waals surface area contributed by atoms with Gasteiger partial charge in [0.05, 0.1) is 18.2 Å². The number of aryl methyl sites for hydroxylation is 1. The lowest BCUT2D eigenvalue weighted by Crippen LogP contribution is -2.34. The minimum Gasteiger partial charge on any atom is -0.492 e. The van der Waals surface area contributed by atoms with Gasteiger partial charge in [0.25, 0.3) is 0 Å². The molecule has 0 N–H and O–H groups in total. The van der Waals surface area contributed by atoms with Crippen molar-refractivity contribution in [2.75, 3.05) is 7.11 Å². The van der Waals surface area contributed by atoms with Crippen molar-refractivity contribution < 1.29 is 23.9 Å². The van der Waals surface area contributed by atoms with Crippen LogP contribution < -0.4 is 0 Å². The summed E-state index contributed by atoms with van der Waals surface area (Å²) in [5.41, 5.74) is 9.22. The number of benzene rings is 2. The maximum atomic E-state index is 13.2. The predicted molar refractivity (Wildman–Crippen MR) is 169 cm³/mol. The van der Waals surface area contributed by atoms with E-state index in [0.717, 1.165) is 29.5 Å². The van der Waals surface area contributed by atoms with Gasteiger partial charge in [-0.3, -0.25) is 9.59 Å². The Balaban J connectivity index is 1.39. The average molecular weight is 580 g/mol. The monoisotopic (exact) mass is 579 g/mol. The summed E-state index contributed by atoms with van der Waals surface area (Å²) < 4.78 is 12.7. The molecular weight excluding hydrogens is 538 g/mol. The first-order valence-electron chi connectivity index (χ1n) is 14.8. The predicted octanol–water partition coefficient (Wildman–Crippen LogP) is 7.88. The van der Waals surface area contributed by atoms with Crippen molar-refractivity contribution in [2.24, 2.45) is 7.05 Å². The van der Waals surface area contributed by atoms with Gasteiger partial charge in [0.1, 0.15) is 11.8 Å².